The quantitative estimate of drug-likeness (QED) is 0.225. The molecule has 6 rings (SSSR count). The molecule has 3 heterocycles. The van der Waals surface area contributed by atoms with Crippen LogP contribution in [0.15, 0.2) is 77.7 Å². The molecule has 2 saturated heterocycles. The van der Waals surface area contributed by atoms with Crippen LogP contribution < -0.4 is 5.32 Å². The first-order chi connectivity index (χ1) is 22.8. The predicted molar refractivity (Wildman–Crippen MR) is 183 cm³/mol. The van der Waals surface area contributed by atoms with E-state index in [1.54, 1.807) is 37.3 Å². The molecule has 2 fully saturated rings. The summed E-state index contributed by atoms with van der Waals surface area (Å²) in [6, 6.07) is 22.0. The number of hydrogen-bond donors (Lipinski definition) is 1. The number of pyridine rings is 1. The van der Waals surface area contributed by atoms with Crippen LogP contribution in [0.3, 0.4) is 0 Å². The van der Waals surface area contributed by atoms with E-state index in [0.717, 1.165) is 63.4 Å². The van der Waals surface area contributed by atoms with E-state index in [1.807, 2.05) is 49.4 Å². The summed E-state index contributed by atoms with van der Waals surface area (Å²) >= 11 is 0. The van der Waals surface area contributed by atoms with Crippen molar-refractivity contribution in [2.24, 2.45) is 0 Å². The molecule has 248 valence electrons. The summed E-state index contributed by atoms with van der Waals surface area (Å²) in [6.45, 7) is 8.48. The number of benzene rings is 3. The van der Waals surface area contributed by atoms with Crippen molar-refractivity contribution in [2.75, 3.05) is 45.1 Å². The number of alkyl halides is 1. The number of sulfone groups is 1. The number of nitrogens with zero attached hydrogens (tertiary/aromatic N) is 3. The number of hydrogen-bond acceptors (Lipinski definition) is 7. The van der Waals surface area contributed by atoms with Crippen molar-refractivity contribution < 1.29 is 22.3 Å². The van der Waals surface area contributed by atoms with Crippen LogP contribution in [0.2, 0.25) is 0 Å². The lowest BCUT2D eigenvalue weighted by Crippen LogP contribution is -2.48. The highest BCUT2D eigenvalue weighted by Crippen LogP contribution is 2.35. The topological polar surface area (TPSA) is 91.8 Å². The number of ether oxygens (including phenoxy) is 1. The number of aromatic nitrogens is 1. The summed E-state index contributed by atoms with van der Waals surface area (Å²) in [6.07, 6.45) is 2.00. The van der Waals surface area contributed by atoms with Crippen molar-refractivity contribution in [1.29, 1.82) is 0 Å². The summed E-state index contributed by atoms with van der Waals surface area (Å²) in [5.74, 6) is -0.363. The lowest BCUT2D eigenvalue weighted by Gasteiger charge is -2.40. The molecule has 2 aliphatic heterocycles. The molecule has 1 aromatic heterocycles. The lowest BCUT2D eigenvalue weighted by atomic mass is 9.93. The molecular formula is C37H43FN4O4S. The summed E-state index contributed by atoms with van der Waals surface area (Å²) in [5, 5.41) is 3.68. The predicted octanol–water partition coefficient (Wildman–Crippen LogP) is 5.95. The van der Waals surface area contributed by atoms with Gasteiger partial charge in [-0.3, -0.25) is 14.6 Å². The van der Waals surface area contributed by atoms with Gasteiger partial charge in [-0.1, -0.05) is 55.5 Å². The molecule has 0 bridgehead atoms. The van der Waals surface area contributed by atoms with Crippen LogP contribution in [-0.4, -0.2) is 80.3 Å². The number of piperidine rings is 1. The van der Waals surface area contributed by atoms with E-state index in [0.29, 0.717) is 45.9 Å². The first-order valence-corrected chi connectivity index (χ1v) is 18.2. The Labute approximate surface area is 276 Å². The Morgan fingerprint density at radius 1 is 1.00 bits per heavy atom. The van der Waals surface area contributed by atoms with Crippen LogP contribution in [0.25, 0.3) is 22.2 Å². The number of carbonyl (C=O) groups excluding carboxylic acids is 1. The van der Waals surface area contributed by atoms with E-state index in [2.05, 4.69) is 15.1 Å². The van der Waals surface area contributed by atoms with Crippen LogP contribution in [0.1, 0.15) is 59.8 Å². The molecule has 3 aromatic carbocycles. The molecule has 0 radical (unpaired) electrons. The van der Waals surface area contributed by atoms with E-state index in [4.69, 9.17) is 9.72 Å². The minimum absolute atomic E-state index is 0.0580. The van der Waals surface area contributed by atoms with Gasteiger partial charge in [0.2, 0.25) is 0 Å². The molecule has 10 heteroatoms. The van der Waals surface area contributed by atoms with E-state index < -0.39 is 16.5 Å². The third-order valence-corrected chi connectivity index (χ3v) is 11.3. The van der Waals surface area contributed by atoms with Gasteiger partial charge < -0.3 is 10.1 Å². The highest BCUT2D eigenvalue weighted by Gasteiger charge is 2.30. The van der Waals surface area contributed by atoms with E-state index in [1.165, 1.54) is 0 Å². The van der Waals surface area contributed by atoms with Crippen LogP contribution in [0.5, 0.6) is 0 Å². The summed E-state index contributed by atoms with van der Waals surface area (Å²) in [5.41, 5.74) is 4.42. The van der Waals surface area contributed by atoms with E-state index in [9.17, 15) is 17.6 Å². The molecule has 0 unspecified atom stereocenters. The average Bonchev–Trinajstić information content (AvgIpc) is 3.12. The third-order valence-electron chi connectivity index (χ3n) is 9.53. The number of rotatable bonds is 10. The second-order valence-corrected chi connectivity index (χ2v) is 14.8. The van der Waals surface area contributed by atoms with E-state index >= 15 is 0 Å². The van der Waals surface area contributed by atoms with Gasteiger partial charge >= 0.3 is 0 Å². The molecule has 47 heavy (non-hydrogen) atoms. The van der Waals surface area contributed by atoms with E-state index in [-0.39, 0.29) is 22.6 Å². The zero-order chi connectivity index (χ0) is 33.0. The molecule has 1 atom stereocenters. The Bertz CT molecular complexity index is 1820. The lowest BCUT2D eigenvalue weighted by molar-refractivity contribution is 0.000226. The Morgan fingerprint density at radius 3 is 2.45 bits per heavy atom. The van der Waals surface area contributed by atoms with Crippen LogP contribution >= 0.6 is 0 Å². The van der Waals surface area contributed by atoms with Gasteiger partial charge in [0.25, 0.3) is 5.91 Å². The molecular weight excluding hydrogens is 615 g/mol. The Balaban J connectivity index is 1.47. The molecule has 0 saturated carbocycles. The highest BCUT2D eigenvalue weighted by molar-refractivity contribution is 7.91. The zero-order valence-corrected chi connectivity index (χ0v) is 27.9. The standard InChI is InChI=1S/C37H43FN4O4S/c1-3-47(44,45)31-12-13-34-32(23-31)35(37(43)39-26(2)28-9-5-4-6-10-28)33(36(40-34)29-11-7-8-27(22-29)24-38)25-41-16-14-30(15-17-41)42-18-20-46-21-19-42/h4-13,22-23,26,30H,3,14-21,24-25H2,1-2H3,(H,39,43)/t26-/m0/s1. The molecule has 1 amide bonds. The molecule has 2 aliphatic rings. The number of morpholine rings is 1. The van der Waals surface area contributed by atoms with Crippen molar-refractivity contribution in [3.05, 3.63) is 95.1 Å². The number of amides is 1. The van der Waals surface area contributed by atoms with Gasteiger partial charge in [-0.05, 0) is 68.2 Å². The van der Waals surface area contributed by atoms with Gasteiger partial charge in [0.1, 0.15) is 6.67 Å². The van der Waals surface area contributed by atoms with Crippen molar-refractivity contribution in [2.45, 2.75) is 56.9 Å². The van der Waals surface area contributed by atoms with Crippen LogP contribution in [0.4, 0.5) is 4.39 Å². The maximum Gasteiger partial charge on any atom is 0.252 e. The number of carbonyl (C=O) groups is 1. The molecule has 0 aliphatic carbocycles. The second-order valence-electron chi connectivity index (χ2n) is 12.5. The first-order valence-electron chi connectivity index (χ1n) is 16.5. The maximum atomic E-state index is 14.5. The number of likely N-dealkylation sites (tertiary alicyclic amines) is 1. The fraction of sp³-hybridized carbons (Fsp3) is 0.405. The zero-order valence-electron chi connectivity index (χ0n) is 27.1. The van der Waals surface area contributed by atoms with Gasteiger partial charge in [0.05, 0.1) is 46.7 Å². The van der Waals surface area contributed by atoms with Gasteiger partial charge in [-0.15, -0.1) is 0 Å². The molecule has 4 aromatic rings. The number of nitrogens with one attached hydrogen (secondary N) is 1. The fourth-order valence-electron chi connectivity index (χ4n) is 6.80. The van der Waals surface area contributed by atoms with Crippen LogP contribution in [-0.2, 0) is 27.8 Å². The van der Waals surface area contributed by atoms with Crippen molar-refractivity contribution in [3.8, 4) is 11.3 Å². The second kappa shape index (κ2) is 14.6. The van der Waals surface area contributed by atoms with Crippen molar-refractivity contribution >= 4 is 26.6 Å². The summed E-state index contributed by atoms with van der Waals surface area (Å²) in [4.78, 5) is 24.6. The number of halogens is 1. The van der Waals surface area contributed by atoms with Crippen LogP contribution in [0, 0.1) is 0 Å². The van der Waals surface area contributed by atoms with Gasteiger partial charge in [-0.2, -0.15) is 0 Å². The Morgan fingerprint density at radius 2 is 1.74 bits per heavy atom. The first kappa shape index (κ1) is 33.2. The molecule has 0 spiro atoms. The highest BCUT2D eigenvalue weighted by atomic mass is 32.2. The normalized spacial score (nSPS) is 17.5. The fourth-order valence-corrected chi connectivity index (χ4v) is 7.70. The SMILES string of the molecule is CCS(=O)(=O)c1ccc2nc(-c3cccc(CF)c3)c(CN3CCC(N4CCOCC4)CC3)c(C(=O)N[C@@H](C)c3ccccc3)c2c1. The molecule has 1 N–H and O–H groups in total. The average molecular weight is 659 g/mol. The van der Waals surface area contributed by atoms with Gasteiger partial charge in [0.15, 0.2) is 9.84 Å². The van der Waals surface area contributed by atoms with Gasteiger partial charge in [0, 0.05) is 42.2 Å². The smallest absolute Gasteiger partial charge is 0.252 e. The minimum Gasteiger partial charge on any atom is -0.379 e. The largest absolute Gasteiger partial charge is 0.379 e. The van der Waals surface area contributed by atoms with Crippen molar-refractivity contribution in [3.63, 3.8) is 0 Å². The monoisotopic (exact) mass is 658 g/mol. The number of fused-ring (bicyclic) bond motifs is 1. The third kappa shape index (κ3) is 7.41. The maximum absolute atomic E-state index is 14.5. The summed E-state index contributed by atoms with van der Waals surface area (Å²) < 4.78 is 45.5. The Kier molecular flexibility index (Phi) is 10.3. The van der Waals surface area contributed by atoms with Crippen molar-refractivity contribution in [1.82, 2.24) is 20.1 Å². The summed E-state index contributed by atoms with van der Waals surface area (Å²) in [7, 11) is -3.55. The Hall–Kier alpha value is -3.70. The van der Waals surface area contributed by atoms with Gasteiger partial charge in [-0.25, -0.2) is 17.8 Å². The minimum atomic E-state index is -3.55. The molecule has 8 nitrogen and oxygen atoms in total.